The van der Waals surface area contributed by atoms with Crippen LogP contribution in [-0.2, 0) is 22.7 Å². The first kappa shape index (κ1) is 26.4. The van der Waals surface area contributed by atoms with Crippen LogP contribution in [0.25, 0.3) is 11.0 Å². The summed E-state index contributed by atoms with van der Waals surface area (Å²) in [5.74, 6) is 0.608. The van der Waals surface area contributed by atoms with Gasteiger partial charge in [0.1, 0.15) is 29.6 Å². The Hall–Kier alpha value is -5.25. The van der Waals surface area contributed by atoms with Gasteiger partial charge >= 0.3 is 0 Å². The molecule has 202 valence electrons. The van der Waals surface area contributed by atoms with E-state index in [1.54, 1.807) is 85.9 Å². The highest BCUT2D eigenvalue weighted by Gasteiger charge is 2.32. The molecule has 5 rings (SSSR count). The highest BCUT2D eigenvalue weighted by Crippen LogP contribution is 2.28. The number of para-hydroxylation sites is 1. The van der Waals surface area contributed by atoms with E-state index in [0.29, 0.717) is 28.3 Å². The molecule has 1 unspecified atom stereocenters. The molecule has 0 saturated carbocycles. The lowest BCUT2D eigenvalue weighted by atomic mass is 10.0. The zero-order chi connectivity index (χ0) is 27.9. The number of hydrogen-bond acceptors (Lipinski definition) is 7. The van der Waals surface area contributed by atoms with Gasteiger partial charge in [0.25, 0.3) is 5.91 Å². The minimum atomic E-state index is -0.976. The van der Waals surface area contributed by atoms with Crippen molar-refractivity contribution in [3.05, 3.63) is 108 Å². The Labute approximate surface area is 231 Å². The van der Waals surface area contributed by atoms with Crippen molar-refractivity contribution in [2.75, 3.05) is 19.5 Å². The van der Waals surface area contributed by atoms with E-state index in [9.17, 15) is 9.59 Å². The van der Waals surface area contributed by atoms with E-state index in [4.69, 9.17) is 9.47 Å². The van der Waals surface area contributed by atoms with Crippen molar-refractivity contribution in [2.24, 2.45) is 0 Å². The highest BCUT2D eigenvalue weighted by molar-refractivity contribution is 5.98. The third kappa shape index (κ3) is 5.91. The summed E-state index contributed by atoms with van der Waals surface area (Å²) in [6.07, 6.45) is 3.34. The van der Waals surface area contributed by atoms with E-state index in [1.807, 2.05) is 30.3 Å². The molecule has 2 aromatic heterocycles. The van der Waals surface area contributed by atoms with Crippen LogP contribution in [0.3, 0.4) is 0 Å². The molecule has 1 atom stereocenters. The summed E-state index contributed by atoms with van der Waals surface area (Å²) in [6.45, 7) is 0.0370. The van der Waals surface area contributed by atoms with Crippen LogP contribution in [0.2, 0.25) is 0 Å². The molecule has 3 aromatic carbocycles. The number of benzene rings is 3. The van der Waals surface area contributed by atoms with E-state index in [2.05, 4.69) is 20.6 Å². The average molecular weight is 537 g/mol. The lowest BCUT2D eigenvalue weighted by molar-refractivity contribution is -0.140. The average Bonchev–Trinajstić information content (AvgIpc) is 3.40. The number of amides is 2. The van der Waals surface area contributed by atoms with E-state index >= 15 is 0 Å². The van der Waals surface area contributed by atoms with Crippen molar-refractivity contribution in [2.45, 2.75) is 19.1 Å². The SMILES string of the molecule is COc1ccc(NC(=O)C(c2ccc(OC)cc2)N(Cc2cccnc2)C(=O)Cn2nnc3ccccc32)cc1. The Morgan fingerprint density at radius 1 is 0.900 bits per heavy atom. The van der Waals surface area contributed by atoms with Crippen LogP contribution in [0, 0.1) is 0 Å². The topological polar surface area (TPSA) is 111 Å². The summed E-state index contributed by atoms with van der Waals surface area (Å²) >= 11 is 0. The second kappa shape index (κ2) is 12.1. The second-order valence-electron chi connectivity index (χ2n) is 9.01. The van der Waals surface area contributed by atoms with Crippen molar-refractivity contribution in [3.8, 4) is 11.5 Å². The summed E-state index contributed by atoms with van der Waals surface area (Å²) < 4.78 is 12.1. The highest BCUT2D eigenvalue weighted by atomic mass is 16.5. The molecule has 0 fully saturated rings. The van der Waals surface area contributed by atoms with E-state index in [-0.39, 0.29) is 24.9 Å². The molecule has 0 aliphatic rings. The number of carbonyl (C=O) groups is 2. The monoisotopic (exact) mass is 536 g/mol. The van der Waals surface area contributed by atoms with Crippen molar-refractivity contribution >= 4 is 28.5 Å². The predicted molar refractivity (Wildman–Crippen MR) is 150 cm³/mol. The van der Waals surface area contributed by atoms with Crippen LogP contribution in [0.1, 0.15) is 17.2 Å². The van der Waals surface area contributed by atoms with Gasteiger partial charge in [-0.05, 0) is 65.7 Å². The van der Waals surface area contributed by atoms with Crippen LogP contribution in [0.5, 0.6) is 11.5 Å². The number of rotatable bonds is 10. The van der Waals surface area contributed by atoms with E-state index < -0.39 is 6.04 Å². The maximum Gasteiger partial charge on any atom is 0.251 e. The number of methoxy groups -OCH3 is 2. The third-order valence-electron chi connectivity index (χ3n) is 6.45. The molecule has 5 aromatic rings. The molecule has 0 bridgehead atoms. The molecule has 0 aliphatic carbocycles. The molecular weight excluding hydrogens is 508 g/mol. The van der Waals surface area contributed by atoms with Gasteiger partial charge in [-0.2, -0.15) is 0 Å². The van der Waals surface area contributed by atoms with Gasteiger partial charge in [0.2, 0.25) is 5.91 Å². The van der Waals surface area contributed by atoms with Gasteiger partial charge in [0.05, 0.1) is 19.7 Å². The van der Waals surface area contributed by atoms with Gasteiger partial charge in [-0.3, -0.25) is 14.6 Å². The molecule has 10 nitrogen and oxygen atoms in total. The number of ether oxygens (including phenoxy) is 2. The Bertz CT molecular complexity index is 1590. The van der Waals surface area contributed by atoms with Gasteiger partial charge < -0.3 is 19.7 Å². The van der Waals surface area contributed by atoms with Crippen molar-refractivity contribution in [1.29, 1.82) is 0 Å². The normalized spacial score (nSPS) is 11.6. The summed E-state index contributed by atoms with van der Waals surface area (Å²) in [5, 5.41) is 11.3. The molecule has 2 heterocycles. The molecule has 0 radical (unpaired) electrons. The molecule has 10 heteroatoms. The molecule has 0 saturated heterocycles. The van der Waals surface area contributed by atoms with Gasteiger partial charge in [-0.1, -0.05) is 35.5 Å². The summed E-state index contributed by atoms with van der Waals surface area (Å²) in [7, 11) is 3.15. The number of anilines is 1. The third-order valence-corrected chi connectivity index (χ3v) is 6.45. The molecule has 0 spiro atoms. The lowest BCUT2D eigenvalue weighted by Crippen LogP contribution is -2.42. The lowest BCUT2D eigenvalue weighted by Gasteiger charge is -2.31. The van der Waals surface area contributed by atoms with E-state index in [1.165, 1.54) is 4.90 Å². The first-order chi connectivity index (χ1) is 19.6. The van der Waals surface area contributed by atoms with Crippen molar-refractivity contribution < 1.29 is 19.1 Å². The number of nitrogens with one attached hydrogen (secondary N) is 1. The first-order valence-corrected chi connectivity index (χ1v) is 12.6. The predicted octanol–water partition coefficient (Wildman–Crippen LogP) is 4.25. The number of carbonyl (C=O) groups excluding carboxylic acids is 2. The fourth-order valence-electron chi connectivity index (χ4n) is 4.41. The molecule has 1 N–H and O–H groups in total. The largest absolute Gasteiger partial charge is 0.497 e. The van der Waals surface area contributed by atoms with Crippen molar-refractivity contribution in [1.82, 2.24) is 24.9 Å². The number of pyridine rings is 1. The first-order valence-electron chi connectivity index (χ1n) is 12.6. The standard InChI is InChI=1S/C30H28N6O4/c1-39-24-13-9-22(10-14-24)29(30(38)32-23-11-15-25(40-2)16-12-23)35(19-21-6-5-17-31-18-21)28(37)20-36-27-8-4-3-7-26(27)33-34-36/h3-18,29H,19-20H2,1-2H3,(H,32,38). The Morgan fingerprint density at radius 3 is 2.27 bits per heavy atom. The number of nitrogens with zero attached hydrogens (tertiary/aromatic N) is 5. The van der Waals surface area contributed by atoms with Crippen molar-refractivity contribution in [3.63, 3.8) is 0 Å². The van der Waals surface area contributed by atoms with Gasteiger partial charge in [0, 0.05) is 24.6 Å². The maximum absolute atomic E-state index is 14.0. The quantitative estimate of drug-likeness (QED) is 0.284. The summed E-state index contributed by atoms with van der Waals surface area (Å²) in [5.41, 5.74) is 3.36. The molecule has 2 amide bonds. The van der Waals surface area contributed by atoms with Crippen LogP contribution in [0.4, 0.5) is 5.69 Å². The zero-order valence-electron chi connectivity index (χ0n) is 22.1. The zero-order valence-corrected chi connectivity index (χ0v) is 22.1. The van der Waals surface area contributed by atoms with Crippen LogP contribution < -0.4 is 14.8 Å². The van der Waals surface area contributed by atoms with Crippen LogP contribution in [-0.4, -0.2) is 50.9 Å². The fraction of sp³-hybridized carbons (Fsp3) is 0.167. The minimum absolute atomic E-state index is 0.108. The van der Waals surface area contributed by atoms with Gasteiger partial charge in [-0.15, -0.1) is 5.10 Å². The Balaban J connectivity index is 1.53. The number of aromatic nitrogens is 4. The number of hydrogen-bond donors (Lipinski definition) is 1. The molecular formula is C30H28N6O4. The minimum Gasteiger partial charge on any atom is -0.497 e. The maximum atomic E-state index is 14.0. The molecule has 0 aliphatic heterocycles. The smallest absolute Gasteiger partial charge is 0.251 e. The fourth-order valence-corrected chi connectivity index (χ4v) is 4.41. The summed E-state index contributed by atoms with van der Waals surface area (Å²) in [6, 6.07) is 24.2. The number of fused-ring (bicyclic) bond motifs is 1. The van der Waals surface area contributed by atoms with Gasteiger partial charge in [-0.25, -0.2) is 4.68 Å². The van der Waals surface area contributed by atoms with Crippen LogP contribution >= 0.6 is 0 Å². The van der Waals surface area contributed by atoms with Crippen LogP contribution in [0.15, 0.2) is 97.3 Å². The second-order valence-corrected chi connectivity index (χ2v) is 9.01. The summed E-state index contributed by atoms with van der Waals surface area (Å²) in [4.78, 5) is 33.7. The van der Waals surface area contributed by atoms with Gasteiger partial charge in [0.15, 0.2) is 0 Å². The Kier molecular flexibility index (Phi) is 7.96. The van der Waals surface area contributed by atoms with E-state index in [0.717, 1.165) is 11.1 Å². The molecule has 40 heavy (non-hydrogen) atoms. The Morgan fingerprint density at radius 2 is 1.60 bits per heavy atom.